The van der Waals surface area contributed by atoms with Crippen molar-refractivity contribution in [2.24, 2.45) is 0 Å². The number of imide groups is 2. The second-order valence-electron chi connectivity index (χ2n) is 8.29. The Bertz CT molecular complexity index is 1360. The second-order valence-corrected chi connectivity index (χ2v) is 9.45. The number of nitrogens with one attached hydrogen (secondary N) is 1. The highest BCUT2D eigenvalue weighted by Crippen LogP contribution is 2.35. The van der Waals surface area contributed by atoms with Crippen molar-refractivity contribution in [1.82, 2.24) is 5.32 Å². The van der Waals surface area contributed by atoms with E-state index in [1.807, 2.05) is 50.2 Å². The number of carbonyl (C=O) groups excluding carboxylic acids is 3. The van der Waals surface area contributed by atoms with E-state index in [-0.39, 0.29) is 5.57 Å². The van der Waals surface area contributed by atoms with Crippen molar-refractivity contribution in [3.05, 3.63) is 92.1 Å². The zero-order valence-electron chi connectivity index (χ0n) is 20.1. The molecule has 7 nitrogen and oxygen atoms in total. The number of benzene rings is 3. The van der Waals surface area contributed by atoms with Crippen molar-refractivity contribution in [3.63, 3.8) is 0 Å². The van der Waals surface area contributed by atoms with Crippen molar-refractivity contribution in [2.45, 2.75) is 26.9 Å². The van der Waals surface area contributed by atoms with Gasteiger partial charge in [0.15, 0.2) is 11.5 Å². The van der Waals surface area contributed by atoms with Crippen molar-refractivity contribution in [2.75, 3.05) is 12.0 Å². The van der Waals surface area contributed by atoms with Crippen LogP contribution in [0, 0.1) is 10.5 Å². The van der Waals surface area contributed by atoms with E-state index < -0.39 is 17.8 Å². The summed E-state index contributed by atoms with van der Waals surface area (Å²) in [6.07, 6.45) is 2.28. The average Bonchev–Trinajstić information content (AvgIpc) is 2.86. The van der Waals surface area contributed by atoms with Crippen LogP contribution in [0.5, 0.6) is 11.5 Å². The van der Waals surface area contributed by atoms with E-state index in [0.717, 1.165) is 31.6 Å². The summed E-state index contributed by atoms with van der Waals surface area (Å²) in [6, 6.07) is 17.8. The summed E-state index contributed by atoms with van der Waals surface area (Å²) in [4.78, 5) is 39.3. The fourth-order valence-corrected chi connectivity index (χ4v) is 4.64. The van der Waals surface area contributed by atoms with Crippen molar-refractivity contribution >= 4 is 52.2 Å². The van der Waals surface area contributed by atoms with Gasteiger partial charge in [-0.1, -0.05) is 48.9 Å². The molecule has 36 heavy (non-hydrogen) atoms. The maximum Gasteiger partial charge on any atom is 0.335 e. The van der Waals surface area contributed by atoms with E-state index in [2.05, 4.69) is 27.9 Å². The lowest BCUT2D eigenvalue weighted by atomic mass is 10.1. The summed E-state index contributed by atoms with van der Waals surface area (Å²) >= 11 is 2.13. The Morgan fingerprint density at radius 1 is 1.00 bits per heavy atom. The monoisotopic (exact) mass is 596 g/mol. The molecule has 0 aromatic heterocycles. The van der Waals surface area contributed by atoms with Gasteiger partial charge in [0.2, 0.25) is 0 Å². The molecule has 1 aliphatic heterocycles. The van der Waals surface area contributed by atoms with E-state index in [4.69, 9.17) is 9.47 Å². The number of hydrogen-bond acceptors (Lipinski definition) is 5. The minimum atomic E-state index is -0.779. The first-order valence-corrected chi connectivity index (χ1v) is 12.4. The Morgan fingerprint density at radius 2 is 1.75 bits per heavy atom. The summed E-state index contributed by atoms with van der Waals surface area (Å²) in [5.74, 6) is -0.413. The van der Waals surface area contributed by atoms with Crippen molar-refractivity contribution < 1.29 is 23.9 Å². The number of ether oxygens (including phenoxy) is 2. The van der Waals surface area contributed by atoms with Crippen LogP contribution >= 0.6 is 22.6 Å². The molecule has 1 aliphatic rings. The maximum absolute atomic E-state index is 13.2. The van der Waals surface area contributed by atoms with E-state index in [9.17, 15) is 14.4 Å². The first-order valence-electron chi connectivity index (χ1n) is 11.4. The number of hydrogen-bond donors (Lipinski definition) is 1. The normalized spacial score (nSPS) is 14.7. The number of methoxy groups -OCH3 is 1. The molecule has 0 aliphatic carbocycles. The minimum absolute atomic E-state index is 0.152. The largest absolute Gasteiger partial charge is 0.493 e. The average molecular weight is 596 g/mol. The molecule has 8 heteroatoms. The molecule has 4 amide bonds. The summed E-state index contributed by atoms with van der Waals surface area (Å²) in [7, 11) is 1.53. The van der Waals surface area contributed by atoms with Crippen LogP contribution in [-0.2, 0) is 22.6 Å². The third kappa shape index (κ3) is 5.43. The fourth-order valence-electron chi connectivity index (χ4n) is 3.86. The molecule has 1 heterocycles. The van der Waals surface area contributed by atoms with Gasteiger partial charge in [0.1, 0.15) is 12.2 Å². The van der Waals surface area contributed by atoms with Gasteiger partial charge in [-0.05, 0) is 83.0 Å². The van der Waals surface area contributed by atoms with Crippen LogP contribution < -0.4 is 19.7 Å². The number of halogens is 1. The first-order chi connectivity index (χ1) is 17.3. The smallest absolute Gasteiger partial charge is 0.335 e. The Hall–Kier alpha value is -3.66. The molecule has 0 spiro atoms. The molecule has 184 valence electrons. The molecule has 3 aromatic rings. The van der Waals surface area contributed by atoms with Crippen molar-refractivity contribution in [1.29, 1.82) is 0 Å². The highest BCUT2D eigenvalue weighted by molar-refractivity contribution is 14.1. The lowest BCUT2D eigenvalue weighted by Crippen LogP contribution is -2.54. The fraction of sp³-hybridized carbons (Fsp3) is 0.179. The quantitative estimate of drug-likeness (QED) is 0.224. The van der Waals surface area contributed by atoms with Gasteiger partial charge in [-0.25, -0.2) is 9.69 Å². The number of rotatable bonds is 7. The molecule has 4 rings (SSSR count). The summed E-state index contributed by atoms with van der Waals surface area (Å²) in [5, 5.41) is 2.26. The molecule has 3 aromatic carbocycles. The SMILES string of the molecule is CCc1ccc(N2C(=O)NC(=O)/C(=C/c3cc(I)c(OCc4cccc(C)c4)c(OC)c3)C2=O)cc1. The Labute approximate surface area is 223 Å². The van der Waals surface area contributed by atoms with E-state index in [1.54, 1.807) is 24.3 Å². The topological polar surface area (TPSA) is 84.9 Å². The standard InChI is InChI=1S/C28H25IN2O5/c1-4-18-8-10-21(11-9-18)31-27(33)22(26(32)30-28(31)34)13-20-14-23(29)25(24(15-20)35-3)36-16-19-7-5-6-17(2)12-19/h5-15H,4,16H2,1-3H3,(H,30,32,34)/b22-13-. The van der Waals surface area contributed by atoms with Crippen LogP contribution in [0.4, 0.5) is 10.5 Å². The third-order valence-electron chi connectivity index (χ3n) is 5.73. The molecular formula is C28H25IN2O5. The van der Waals surface area contributed by atoms with Gasteiger partial charge >= 0.3 is 6.03 Å². The number of nitrogens with zero attached hydrogens (tertiary/aromatic N) is 1. The molecule has 0 saturated carbocycles. The van der Waals surface area contributed by atoms with Gasteiger partial charge < -0.3 is 9.47 Å². The highest BCUT2D eigenvalue weighted by Gasteiger charge is 2.36. The van der Waals surface area contributed by atoms with Crippen LogP contribution in [0.15, 0.2) is 66.2 Å². The van der Waals surface area contributed by atoms with Crippen LogP contribution in [0.1, 0.15) is 29.2 Å². The summed E-state index contributed by atoms with van der Waals surface area (Å²) in [5.41, 5.74) is 4.04. The molecule has 0 bridgehead atoms. The van der Waals surface area contributed by atoms with Gasteiger partial charge in [-0.3, -0.25) is 14.9 Å². The molecule has 1 saturated heterocycles. The Morgan fingerprint density at radius 3 is 2.42 bits per heavy atom. The van der Waals surface area contributed by atoms with E-state index in [0.29, 0.717) is 29.4 Å². The second kappa shape index (κ2) is 10.9. The first kappa shape index (κ1) is 25.4. The van der Waals surface area contributed by atoms with Crippen LogP contribution in [0.3, 0.4) is 0 Å². The zero-order valence-corrected chi connectivity index (χ0v) is 22.3. The predicted octanol–water partition coefficient (Wildman–Crippen LogP) is 5.42. The number of barbiturate groups is 1. The molecule has 1 N–H and O–H groups in total. The molecule has 0 radical (unpaired) electrons. The molecule has 0 unspecified atom stereocenters. The summed E-state index contributed by atoms with van der Waals surface area (Å²) < 4.78 is 12.3. The van der Waals surface area contributed by atoms with Crippen molar-refractivity contribution in [3.8, 4) is 11.5 Å². The lowest BCUT2D eigenvalue weighted by molar-refractivity contribution is -0.122. The summed E-state index contributed by atoms with van der Waals surface area (Å²) in [6.45, 7) is 4.40. The predicted molar refractivity (Wildman–Crippen MR) is 146 cm³/mol. The molecule has 1 fully saturated rings. The number of anilines is 1. The maximum atomic E-state index is 13.2. The van der Waals surface area contributed by atoms with Crippen LogP contribution in [0.2, 0.25) is 0 Å². The van der Waals surface area contributed by atoms with Gasteiger partial charge in [0, 0.05) is 0 Å². The Kier molecular flexibility index (Phi) is 7.73. The van der Waals surface area contributed by atoms with Gasteiger partial charge in [-0.15, -0.1) is 0 Å². The molecule has 0 atom stereocenters. The number of urea groups is 1. The number of aryl methyl sites for hydroxylation is 2. The van der Waals surface area contributed by atoms with Gasteiger partial charge in [0.25, 0.3) is 11.8 Å². The minimum Gasteiger partial charge on any atom is -0.493 e. The molecular weight excluding hydrogens is 571 g/mol. The lowest BCUT2D eigenvalue weighted by Gasteiger charge is -2.26. The Balaban J connectivity index is 1.63. The van der Waals surface area contributed by atoms with Gasteiger partial charge in [-0.2, -0.15) is 0 Å². The number of carbonyl (C=O) groups is 3. The number of amides is 4. The van der Waals surface area contributed by atoms with Crippen LogP contribution in [-0.4, -0.2) is 25.0 Å². The van der Waals surface area contributed by atoms with E-state index in [1.165, 1.54) is 13.2 Å². The van der Waals surface area contributed by atoms with E-state index >= 15 is 0 Å². The third-order valence-corrected chi connectivity index (χ3v) is 6.53. The van der Waals surface area contributed by atoms with Gasteiger partial charge in [0.05, 0.1) is 16.4 Å². The zero-order chi connectivity index (χ0) is 25.8. The van der Waals surface area contributed by atoms with Crippen LogP contribution in [0.25, 0.3) is 6.08 Å². The highest BCUT2D eigenvalue weighted by atomic mass is 127.